The van der Waals surface area contributed by atoms with Gasteiger partial charge in [-0.1, -0.05) is 6.08 Å². The molecule has 2 aliphatic carbocycles. The molecule has 0 saturated carbocycles. The van der Waals surface area contributed by atoms with Gasteiger partial charge in [-0.2, -0.15) is 0 Å². The molecule has 2 aromatic rings. The molecule has 0 saturated heterocycles. The maximum atomic E-state index is 13.0. The monoisotopic (exact) mass is 329 g/mol. The van der Waals surface area contributed by atoms with Crippen molar-refractivity contribution in [2.24, 2.45) is 0 Å². The maximum absolute atomic E-state index is 13.0. The van der Waals surface area contributed by atoms with Gasteiger partial charge in [-0.15, -0.1) is 11.3 Å². The quantitative estimate of drug-likeness (QED) is 0.888. The Morgan fingerprint density at radius 1 is 1.43 bits per heavy atom. The van der Waals surface area contributed by atoms with E-state index in [1.165, 1.54) is 29.1 Å². The molecule has 1 amide bonds. The van der Waals surface area contributed by atoms with Crippen LogP contribution in [0.2, 0.25) is 0 Å². The van der Waals surface area contributed by atoms with Gasteiger partial charge in [-0.3, -0.25) is 4.79 Å². The number of carbonyl (C=O) groups is 1. The maximum Gasteiger partial charge on any atom is 0.264 e. The Labute approximate surface area is 136 Å². The molecule has 0 radical (unpaired) electrons. The average molecular weight is 329 g/mol. The van der Waals surface area contributed by atoms with Gasteiger partial charge in [0.15, 0.2) is 0 Å². The number of carbonyl (C=O) groups excluding carboxylic acids is 1. The predicted octanol–water partition coefficient (Wildman–Crippen LogP) is 3.28. The lowest BCUT2D eigenvalue weighted by Crippen LogP contribution is -2.33. The summed E-state index contributed by atoms with van der Waals surface area (Å²) in [6.45, 7) is 0. The van der Waals surface area contributed by atoms with E-state index in [0.29, 0.717) is 17.0 Å². The van der Waals surface area contributed by atoms with Gasteiger partial charge in [-0.25, -0.2) is 9.37 Å². The highest BCUT2D eigenvalue weighted by Crippen LogP contribution is 2.35. The second kappa shape index (κ2) is 5.45. The zero-order chi connectivity index (χ0) is 16.0. The standard InChI is InChI=1S/C17H16FN3OS/c18-10-4-6-11(7-5-10)20-16(22)15-14(19)12-8-9-2-1-3-13(9)21-17(12)23-15/h4-6,8,11H,1-3,7,19H2,(H,20,22). The van der Waals surface area contributed by atoms with E-state index in [1.807, 2.05) is 0 Å². The average Bonchev–Trinajstić information content (AvgIpc) is 3.12. The normalized spacial score (nSPS) is 19.7. The van der Waals surface area contributed by atoms with Gasteiger partial charge in [0.05, 0.1) is 11.7 Å². The number of halogens is 1. The molecule has 4 rings (SSSR count). The first-order chi connectivity index (χ1) is 11.1. The van der Waals surface area contributed by atoms with Crippen LogP contribution in [0.3, 0.4) is 0 Å². The molecule has 6 heteroatoms. The fraction of sp³-hybridized carbons (Fsp3) is 0.294. The number of hydrogen-bond donors (Lipinski definition) is 2. The zero-order valence-electron chi connectivity index (χ0n) is 12.4. The number of thiophene rings is 1. The van der Waals surface area contributed by atoms with Crippen molar-refractivity contribution in [3.05, 3.63) is 46.3 Å². The molecule has 23 heavy (non-hydrogen) atoms. The lowest BCUT2D eigenvalue weighted by atomic mass is 10.1. The molecule has 4 nitrogen and oxygen atoms in total. The number of nitrogens with two attached hydrogens (primary N) is 1. The van der Waals surface area contributed by atoms with E-state index in [2.05, 4.69) is 16.4 Å². The highest BCUT2D eigenvalue weighted by molar-refractivity contribution is 7.21. The van der Waals surface area contributed by atoms with Crippen molar-refractivity contribution in [3.63, 3.8) is 0 Å². The summed E-state index contributed by atoms with van der Waals surface area (Å²) in [6.07, 6.45) is 8.09. The topological polar surface area (TPSA) is 68.0 Å². The molecule has 118 valence electrons. The molecule has 2 heterocycles. The summed E-state index contributed by atoms with van der Waals surface area (Å²) >= 11 is 1.33. The third-order valence-corrected chi connectivity index (χ3v) is 5.44. The van der Waals surface area contributed by atoms with E-state index < -0.39 is 0 Å². The van der Waals surface area contributed by atoms with Gasteiger partial charge in [0.25, 0.3) is 5.91 Å². The first-order valence-corrected chi connectivity index (χ1v) is 8.49. The van der Waals surface area contributed by atoms with Crippen LogP contribution in [0.4, 0.5) is 10.1 Å². The minimum atomic E-state index is -0.268. The molecule has 0 aromatic carbocycles. The Balaban J connectivity index is 1.62. The van der Waals surface area contributed by atoms with Crippen molar-refractivity contribution in [2.75, 3.05) is 5.73 Å². The minimum absolute atomic E-state index is 0.204. The van der Waals surface area contributed by atoms with E-state index in [9.17, 15) is 9.18 Å². The predicted molar refractivity (Wildman–Crippen MR) is 90.3 cm³/mol. The van der Waals surface area contributed by atoms with Crippen LogP contribution < -0.4 is 11.1 Å². The fourth-order valence-electron chi connectivity index (χ4n) is 3.10. The Morgan fingerprint density at radius 3 is 3.09 bits per heavy atom. The van der Waals surface area contributed by atoms with E-state index >= 15 is 0 Å². The molecule has 1 atom stereocenters. The summed E-state index contributed by atoms with van der Waals surface area (Å²) in [4.78, 5) is 18.4. The lowest BCUT2D eigenvalue weighted by Gasteiger charge is -2.15. The van der Waals surface area contributed by atoms with Crippen LogP contribution in [0.1, 0.15) is 33.8 Å². The largest absolute Gasteiger partial charge is 0.397 e. The molecular weight excluding hydrogens is 313 g/mol. The molecule has 0 bridgehead atoms. The SMILES string of the molecule is Nc1c(C(=O)NC2C=CC(F)=CC2)sc2nc3c(cc12)CCC3. The van der Waals surface area contributed by atoms with Crippen LogP contribution in [-0.4, -0.2) is 16.9 Å². The summed E-state index contributed by atoms with van der Waals surface area (Å²) in [5.74, 6) is -0.494. The van der Waals surface area contributed by atoms with E-state index in [4.69, 9.17) is 5.73 Å². The van der Waals surface area contributed by atoms with Crippen LogP contribution in [0.25, 0.3) is 10.2 Å². The molecule has 0 fully saturated rings. The zero-order valence-corrected chi connectivity index (χ0v) is 13.3. The smallest absolute Gasteiger partial charge is 0.264 e. The number of aromatic nitrogens is 1. The van der Waals surface area contributed by atoms with Crippen LogP contribution >= 0.6 is 11.3 Å². The molecule has 2 aromatic heterocycles. The molecule has 1 unspecified atom stereocenters. The van der Waals surface area contributed by atoms with Crippen LogP contribution in [0.5, 0.6) is 0 Å². The van der Waals surface area contributed by atoms with Gasteiger partial charge < -0.3 is 11.1 Å². The second-order valence-corrected chi connectivity index (χ2v) is 6.91. The first kappa shape index (κ1) is 14.4. The van der Waals surface area contributed by atoms with Crippen LogP contribution in [-0.2, 0) is 12.8 Å². The number of nitrogens with one attached hydrogen (secondary N) is 1. The van der Waals surface area contributed by atoms with E-state index in [0.717, 1.165) is 35.2 Å². The van der Waals surface area contributed by atoms with Gasteiger partial charge in [0, 0.05) is 11.1 Å². The van der Waals surface area contributed by atoms with E-state index in [1.54, 1.807) is 6.08 Å². The van der Waals surface area contributed by atoms with E-state index in [-0.39, 0.29) is 17.8 Å². The number of pyridine rings is 1. The van der Waals surface area contributed by atoms with Crippen molar-refractivity contribution in [1.29, 1.82) is 0 Å². The molecule has 3 N–H and O–H groups in total. The highest BCUT2D eigenvalue weighted by atomic mass is 32.1. The Morgan fingerprint density at radius 2 is 2.30 bits per heavy atom. The van der Waals surface area contributed by atoms with Crippen molar-refractivity contribution >= 4 is 33.1 Å². The van der Waals surface area contributed by atoms with Crippen molar-refractivity contribution < 1.29 is 9.18 Å². The number of nitrogens with zero attached hydrogens (tertiary/aromatic N) is 1. The summed E-state index contributed by atoms with van der Waals surface area (Å²) in [5, 5.41) is 3.75. The molecule has 2 aliphatic rings. The van der Waals surface area contributed by atoms with Crippen molar-refractivity contribution in [1.82, 2.24) is 10.3 Å². The number of hydrogen-bond acceptors (Lipinski definition) is 4. The van der Waals surface area contributed by atoms with Crippen molar-refractivity contribution in [2.45, 2.75) is 31.7 Å². The number of anilines is 1. The number of rotatable bonds is 2. The Kier molecular flexibility index (Phi) is 3.41. The van der Waals surface area contributed by atoms with Gasteiger partial charge in [0.2, 0.25) is 0 Å². The fourth-order valence-corrected chi connectivity index (χ4v) is 4.10. The van der Waals surface area contributed by atoms with Gasteiger partial charge in [0.1, 0.15) is 15.5 Å². The lowest BCUT2D eigenvalue weighted by molar-refractivity contribution is 0.0949. The molecule has 0 aliphatic heterocycles. The minimum Gasteiger partial charge on any atom is -0.397 e. The third kappa shape index (κ3) is 2.53. The number of fused-ring (bicyclic) bond motifs is 2. The Hall–Kier alpha value is -2.21. The summed E-state index contributed by atoms with van der Waals surface area (Å²) in [7, 11) is 0. The number of nitrogen functional groups attached to an aromatic ring is 1. The number of amides is 1. The summed E-state index contributed by atoms with van der Waals surface area (Å²) in [6, 6.07) is 1.87. The summed E-state index contributed by atoms with van der Waals surface area (Å²) < 4.78 is 13.0. The van der Waals surface area contributed by atoms with Crippen LogP contribution in [0.15, 0.2) is 30.1 Å². The number of allylic oxidation sites excluding steroid dienone is 2. The van der Waals surface area contributed by atoms with Crippen molar-refractivity contribution in [3.8, 4) is 0 Å². The van der Waals surface area contributed by atoms with Crippen LogP contribution in [0, 0.1) is 0 Å². The highest BCUT2D eigenvalue weighted by Gasteiger charge is 2.22. The second-order valence-electron chi connectivity index (χ2n) is 5.91. The van der Waals surface area contributed by atoms with Gasteiger partial charge in [-0.05, 0) is 49.5 Å². The van der Waals surface area contributed by atoms with Gasteiger partial charge >= 0.3 is 0 Å². The molecular formula is C17H16FN3OS. The summed E-state index contributed by atoms with van der Waals surface area (Å²) in [5.41, 5.74) is 9.04. The third-order valence-electron chi connectivity index (χ3n) is 4.33. The Bertz CT molecular complexity index is 868. The molecule has 0 spiro atoms. The number of aryl methyl sites for hydroxylation is 2. The first-order valence-electron chi connectivity index (χ1n) is 7.67.